The van der Waals surface area contributed by atoms with Gasteiger partial charge in [0.05, 0.1) is 10.5 Å². The van der Waals surface area contributed by atoms with E-state index in [1.807, 2.05) is 0 Å². The summed E-state index contributed by atoms with van der Waals surface area (Å²) in [5, 5.41) is 19.8. The van der Waals surface area contributed by atoms with Crippen molar-refractivity contribution < 1.29 is 19.2 Å². The average Bonchev–Trinajstić information content (AvgIpc) is 2.42. The molecular weight excluding hydrogens is 297 g/mol. The van der Waals surface area contributed by atoms with Crippen molar-refractivity contribution in [3.8, 4) is 0 Å². The van der Waals surface area contributed by atoms with Gasteiger partial charge in [0.1, 0.15) is 5.82 Å². The highest BCUT2D eigenvalue weighted by Gasteiger charge is 2.16. The lowest BCUT2D eigenvalue weighted by Gasteiger charge is -2.07. The number of benzene rings is 2. The summed E-state index contributed by atoms with van der Waals surface area (Å²) in [6, 6.07) is 7.94. The molecule has 108 valence electrons. The molecule has 7 heteroatoms. The van der Waals surface area contributed by atoms with Crippen LogP contribution in [0.1, 0.15) is 15.9 Å². The molecule has 0 aliphatic rings. The van der Waals surface area contributed by atoms with Gasteiger partial charge in [-0.05, 0) is 31.2 Å². The van der Waals surface area contributed by atoms with Crippen LogP contribution in [0.5, 0.6) is 0 Å². The second kappa shape index (κ2) is 5.92. The van der Waals surface area contributed by atoms with Crippen LogP contribution in [0, 0.1) is 22.9 Å². The highest BCUT2D eigenvalue weighted by molar-refractivity contribution is 7.99. The van der Waals surface area contributed by atoms with Crippen LogP contribution in [0.15, 0.2) is 46.2 Å². The summed E-state index contributed by atoms with van der Waals surface area (Å²) in [6.45, 7) is 1.57. The molecule has 0 aromatic heterocycles. The van der Waals surface area contributed by atoms with Crippen molar-refractivity contribution in [2.24, 2.45) is 0 Å². The fourth-order valence-electron chi connectivity index (χ4n) is 1.74. The van der Waals surface area contributed by atoms with Crippen LogP contribution in [0.4, 0.5) is 10.1 Å². The monoisotopic (exact) mass is 307 g/mol. The van der Waals surface area contributed by atoms with E-state index in [4.69, 9.17) is 5.11 Å². The molecule has 21 heavy (non-hydrogen) atoms. The molecule has 0 atom stereocenters. The summed E-state index contributed by atoms with van der Waals surface area (Å²) in [6.07, 6.45) is 0. The van der Waals surface area contributed by atoms with Crippen molar-refractivity contribution in [1.82, 2.24) is 0 Å². The van der Waals surface area contributed by atoms with Crippen LogP contribution < -0.4 is 0 Å². The molecule has 0 saturated carbocycles. The summed E-state index contributed by atoms with van der Waals surface area (Å²) in [5.41, 5.74) is 0.310. The molecule has 2 aromatic carbocycles. The van der Waals surface area contributed by atoms with Crippen LogP contribution in [0.25, 0.3) is 0 Å². The summed E-state index contributed by atoms with van der Waals surface area (Å²) in [4.78, 5) is 21.9. The van der Waals surface area contributed by atoms with Gasteiger partial charge in [-0.15, -0.1) is 0 Å². The van der Waals surface area contributed by atoms with Gasteiger partial charge in [0, 0.05) is 21.4 Å². The molecule has 0 radical (unpaired) electrons. The first-order valence-electron chi connectivity index (χ1n) is 5.85. The Labute approximate surface area is 123 Å². The normalized spacial score (nSPS) is 10.4. The molecule has 0 unspecified atom stereocenters. The zero-order chi connectivity index (χ0) is 15.6. The van der Waals surface area contributed by atoms with Gasteiger partial charge in [0.25, 0.3) is 5.69 Å². The van der Waals surface area contributed by atoms with E-state index in [-0.39, 0.29) is 16.1 Å². The van der Waals surface area contributed by atoms with Crippen molar-refractivity contribution in [1.29, 1.82) is 0 Å². The number of hydrogen-bond donors (Lipinski definition) is 1. The Morgan fingerprint density at radius 1 is 1.29 bits per heavy atom. The van der Waals surface area contributed by atoms with E-state index in [0.717, 1.165) is 17.8 Å². The third-order valence-corrected chi connectivity index (χ3v) is 4.05. The maximum Gasteiger partial charge on any atom is 0.335 e. The zero-order valence-electron chi connectivity index (χ0n) is 10.9. The third kappa shape index (κ3) is 3.19. The van der Waals surface area contributed by atoms with Gasteiger partial charge in [-0.1, -0.05) is 17.8 Å². The standard InChI is InChI=1S/C14H10FNO4S/c1-8-11(16(19)20)3-2-4-12(8)21-13-7-9(14(17)18)5-6-10(13)15/h2-7H,1H3,(H,17,18). The topological polar surface area (TPSA) is 80.4 Å². The molecular formula is C14H10FNO4S. The van der Waals surface area contributed by atoms with Crippen molar-refractivity contribution >= 4 is 23.4 Å². The van der Waals surface area contributed by atoms with Gasteiger partial charge in [-0.3, -0.25) is 10.1 Å². The first-order valence-corrected chi connectivity index (χ1v) is 6.66. The summed E-state index contributed by atoms with van der Waals surface area (Å²) in [7, 11) is 0. The molecule has 0 saturated heterocycles. The molecule has 0 spiro atoms. The highest BCUT2D eigenvalue weighted by atomic mass is 32.2. The van der Waals surface area contributed by atoms with Gasteiger partial charge in [0.15, 0.2) is 0 Å². The molecule has 0 bridgehead atoms. The minimum absolute atomic E-state index is 0.0398. The van der Waals surface area contributed by atoms with E-state index in [2.05, 4.69) is 0 Å². The summed E-state index contributed by atoms with van der Waals surface area (Å²) < 4.78 is 13.8. The van der Waals surface area contributed by atoms with E-state index in [1.165, 1.54) is 24.3 Å². The number of halogens is 1. The fraction of sp³-hybridized carbons (Fsp3) is 0.0714. The fourth-order valence-corrected chi connectivity index (χ4v) is 2.74. The Morgan fingerprint density at radius 2 is 2.00 bits per heavy atom. The Morgan fingerprint density at radius 3 is 2.62 bits per heavy atom. The largest absolute Gasteiger partial charge is 0.478 e. The Hall–Kier alpha value is -2.41. The smallest absolute Gasteiger partial charge is 0.335 e. The number of nitro groups is 1. The van der Waals surface area contributed by atoms with Crippen LogP contribution in [-0.4, -0.2) is 16.0 Å². The summed E-state index contributed by atoms with van der Waals surface area (Å²) in [5.74, 6) is -1.73. The number of carboxylic acid groups (broad SMARTS) is 1. The van der Waals surface area contributed by atoms with Crippen LogP contribution in [0.2, 0.25) is 0 Å². The molecule has 0 aliphatic carbocycles. The second-order valence-corrected chi connectivity index (χ2v) is 5.29. The lowest BCUT2D eigenvalue weighted by molar-refractivity contribution is -0.385. The van der Waals surface area contributed by atoms with E-state index in [1.54, 1.807) is 13.0 Å². The van der Waals surface area contributed by atoms with E-state index in [0.29, 0.717) is 10.5 Å². The zero-order valence-corrected chi connectivity index (χ0v) is 11.7. The highest BCUT2D eigenvalue weighted by Crippen LogP contribution is 2.35. The van der Waals surface area contributed by atoms with Crippen LogP contribution in [0.3, 0.4) is 0 Å². The lowest BCUT2D eigenvalue weighted by Crippen LogP contribution is -1.97. The number of hydrogen-bond acceptors (Lipinski definition) is 4. The number of rotatable bonds is 4. The summed E-state index contributed by atoms with van der Waals surface area (Å²) >= 11 is 0.961. The van der Waals surface area contributed by atoms with Gasteiger partial charge in [-0.25, -0.2) is 9.18 Å². The molecule has 0 heterocycles. The number of nitro benzene ring substituents is 1. The van der Waals surface area contributed by atoms with Gasteiger partial charge >= 0.3 is 5.97 Å². The third-order valence-electron chi connectivity index (χ3n) is 2.85. The number of carbonyl (C=O) groups is 1. The van der Waals surface area contributed by atoms with Crippen molar-refractivity contribution in [2.75, 3.05) is 0 Å². The molecule has 5 nitrogen and oxygen atoms in total. The predicted molar refractivity (Wildman–Crippen MR) is 75.3 cm³/mol. The maximum atomic E-state index is 13.8. The minimum Gasteiger partial charge on any atom is -0.478 e. The molecule has 0 amide bonds. The van der Waals surface area contributed by atoms with Crippen LogP contribution in [-0.2, 0) is 0 Å². The van der Waals surface area contributed by atoms with Crippen molar-refractivity contribution in [2.45, 2.75) is 16.7 Å². The van der Waals surface area contributed by atoms with Gasteiger partial charge < -0.3 is 5.11 Å². The number of nitrogens with zero attached hydrogens (tertiary/aromatic N) is 1. The lowest BCUT2D eigenvalue weighted by atomic mass is 10.2. The molecule has 0 fully saturated rings. The number of carboxylic acids is 1. The SMILES string of the molecule is Cc1c(Sc2cc(C(=O)O)ccc2F)cccc1[N+](=O)[O-]. The second-order valence-electron chi connectivity index (χ2n) is 4.21. The molecule has 0 aliphatic heterocycles. The van der Waals surface area contributed by atoms with E-state index in [9.17, 15) is 19.3 Å². The predicted octanol–water partition coefficient (Wildman–Crippen LogP) is 3.89. The first kappa shape index (κ1) is 15.0. The minimum atomic E-state index is -1.16. The first-order chi connectivity index (χ1) is 9.90. The van der Waals surface area contributed by atoms with E-state index >= 15 is 0 Å². The quantitative estimate of drug-likeness (QED) is 0.684. The number of aromatic carboxylic acids is 1. The van der Waals surface area contributed by atoms with Gasteiger partial charge in [0.2, 0.25) is 0 Å². The maximum absolute atomic E-state index is 13.8. The molecule has 2 rings (SSSR count). The van der Waals surface area contributed by atoms with Gasteiger partial charge in [-0.2, -0.15) is 0 Å². The average molecular weight is 307 g/mol. The molecule has 1 N–H and O–H groups in total. The van der Waals surface area contributed by atoms with Crippen molar-refractivity contribution in [3.63, 3.8) is 0 Å². The van der Waals surface area contributed by atoms with E-state index < -0.39 is 16.7 Å². The van der Waals surface area contributed by atoms with Crippen molar-refractivity contribution in [3.05, 3.63) is 63.5 Å². The Kier molecular flexibility index (Phi) is 4.23. The Balaban J connectivity index is 2.43. The molecule has 2 aromatic rings. The Bertz CT molecular complexity index is 733. The van der Waals surface area contributed by atoms with Crippen LogP contribution >= 0.6 is 11.8 Å².